The molecular formula is C16H15N3O8S. The molecular weight excluding hydrogens is 394 g/mol. The third-order valence-electron chi connectivity index (χ3n) is 3.27. The number of anilines is 1. The minimum atomic E-state index is -4.10. The first-order valence-electron chi connectivity index (χ1n) is 7.60. The van der Waals surface area contributed by atoms with Crippen molar-refractivity contribution >= 4 is 33.4 Å². The highest BCUT2D eigenvalue weighted by molar-refractivity contribution is 7.90. The maximum absolute atomic E-state index is 11.9. The van der Waals surface area contributed by atoms with Gasteiger partial charge in [0.05, 0.1) is 16.9 Å². The highest BCUT2D eigenvalue weighted by atomic mass is 32.2. The Morgan fingerprint density at radius 2 is 1.75 bits per heavy atom. The van der Waals surface area contributed by atoms with E-state index >= 15 is 0 Å². The predicted octanol–water partition coefficient (Wildman–Crippen LogP) is 1.66. The fourth-order valence-corrected chi connectivity index (χ4v) is 2.91. The summed E-state index contributed by atoms with van der Waals surface area (Å²) in [5.74, 6) is -0.667. The van der Waals surface area contributed by atoms with Gasteiger partial charge in [-0.25, -0.2) is 17.9 Å². The minimum absolute atomic E-state index is 0.0574. The number of ether oxygens (including phenoxy) is 2. The number of amides is 2. The molecule has 2 aromatic rings. The van der Waals surface area contributed by atoms with Crippen molar-refractivity contribution in [2.45, 2.75) is 4.90 Å². The Morgan fingerprint density at radius 1 is 1.11 bits per heavy atom. The van der Waals surface area contributed by atoms with E-state index in [1.54, 1.807) is 4.72 Å². The molecule has 28 heavy (non-hydrogen) atoms. The summed E-state index contributed by atoms with van der Waals surface area (Å²) in [6.45, 7) is -0.491. The number of hydrogen-bond donors (Lipinski definition) is 2. The normalized spacial score (nSPS) is 10.6. The maximum atomic E-state index is 11.9. The number of nitro groups is 1. The van der Waals surface area contributed by atoms with E-state index in [-0.39, 0.29) is 22.0 Å². The van der Waals surface area contributed by atoms with Crippen LogP contribution in [0.1, 0.15) is 0 Å². The van der Waals surface area contributed by atoms with Crippen LogP contribution in [0.15, 0.2) is 53.4 Å². The summed E-state index contributed by atoms with van der Waals surface area (Å²) in [5.41, 5.74) is -0.0175. The summed E-state index contributed by atoms with van der Waals surface area (Å²) in [6.07, 6.45) is -1.13. The van der Waals surface area contributed by atoms with E-state index in [0.717, 1.165) is 7.11 Å². The smallest absolute Gasteiger partial charge is 0.420 e. The number of carbonyl (C=O) groups is 2. The van der Waals surface area contributed by atoms with Crippen molar-refractivity contribution in [3.63, 3.8) is 0 Å². The summed E-state index contributed by atoms with van der Waals surface area (Å²) in [6, 6.07) is 10.5. The van der Waals surface area contributed by atoms with Crippen LogP contribution in [0, 0.1) is 10.1 Å². The number of hydrogen-bond acceptors (Lipinski definition) is 8. The SMILES string of the molecule is COC(=O)NS(=O)(=O)c1ccc(NC(=O)COc2ccccc2[N+](=O)[O-])cc1. The minimum Gasteiger partial charge on any atom is -0.477 e. The zero-order valence-corrected chi connectivity index (χ0v) is 15.3. The molecule has 148 valence electrons. The predicted molar refractivity (Wildman–Crippen MR) is 96.4 cm³/mol. The number of nitro benzene ring substituents is 1. The fourth-order valence-electron chi connectivity index (χ4n) is 2.00. The summed E-state index contributed by atoms with van der Waals surface area (Å²) < 4.78 is 34.9. The van der Waals surface area contributed by atoms with Crippen LogP contribution in [0.5, 0.6) is 5.75 Å². The van der Waals surface area contributed by atoms with Gasteiger partial charge in [0.2, 0.25) is 0 Å². The van der Waals surface area contributed by atoms with Gasteiger partial charge >= 0.3 is 11.8 Å². The molecule has 0 unspecified atom stereocenters. The molecule has 0 aromatic heterocycles. The Kier molecular flexibility index (Phi) is 6.50. The van der Waals surface area contributed by atoms with Crippen molar-refractivity contribution in [3.05, 3.63) is 58.6 Å². The van der Waals surface area contributed by atoms with Gasteiger partial charge < -0.3 is 14.8 Å². The van der Waals surface area contributed by atoms with E-state index in [2.05, 4.69) is 10.1 Å². The molecule has 12 heteroatoms. The van der Waals surface area contributed by atoms with Crippen molar-refractivity contribution in [2.24, 2.45) is 0 Å². The first-order chi connectivity index (χ1) is 13.2. The van der Waals surface area contributed by atoms with E-state index in [1.165, 1.54) is 48.5 Å². The standard InChI is InChI=1S/C16H15N3O8S/c1-26-16(21)18-28(24,25)12-8-6-11(7-9-12)17-15(20)10-27-14-5-3-2-4-13(14)19(22)23/h2-9H,10H2,1H3,(H,17,20)(H,18,21). The van der Waals surface area contributed by atoms with Gasteiger partial charge in [-0.15, -0.1) is 0 Å². The maximum Gasteiger partial charge on any atom is 0.420 e. The van der Waals surface area contributed by atoms with Crippen LogP contribution in [0.2, 0.25) is 0 Å². The molecule has 0 bridgehead atoms. The van der Waals surface area contributed by atoms with E-state index < -0.39 is 33.6 Å². The van der Waals surface area contributed by atoms with Crippen molar-refractivity contribution in [1.29, 1.82) is 0 Å². The molecule has 0 aliphatic heterocycles. The van der Waals surface area contributed by atoms with Crippen LogP contribution < -0.4 is 14.8 Å². The lowest BCUT2D eigenvalue weighted by atomic mass is 10.3. The van der Waals surface area contributed by atoms with Gasteiger partial charge in [0.15, 0.2) is 12.4 Å². The van der Waals surface area contributed by atoms with Crippen LogP contribution in [0.25, 0.3) is 0 Å². The second-order valence-corrected chi connectivity index (χ2v) is 6.87. The number of carbonyl (C=O) groups excluding carboxylic acids is 2. The molecule has 2 rings (SSSR count). The Labute approximate surface area is 159 Å². The molecule has 0 radical (unpaired) electrons. The molecule has 0 atom stereocenters. The average molecular weight is 409 g/mol. The molecule has 2 N–H and O–H groups in total. The third-order valence-corrected chi connectivity index (χ3v) is 4.60. The third kappa shape index (κ3) is 5.41. The van der Waals surface area contributed by atoms with Gasteiger partial charge in [-0.1, -0.05) is 12.1 Å². The van der Waals surface area contributed by atoms with Crippen molar-refractivity contribution in [3.8, 4) is 5.75 Å². The van der Waals surface area contributed by atoms with E-state index in [9.17, 15) is 28.1 Å². The highest BCUT2D eigenvalue weighted by Crippen LogP contribution is 2.25. The second-order valence-electron chi connectivity index (χ2n) is 5.18. The van der Waals surface area contributed by atoms with Crippen molar-refractivity contribution < 1.29 is 32.4 Å². The largest absolute Gasteiger partial charge is 0.477 e. The van der Waals surface area contributed by atoms with E-state index in [0.29, 0.717) is 0 Å². The quantitative estimate of drug-likeness (QED) is 0.517. The first-order valence-corrected chi connectivity index (χ1v) is 9.08. The van der Waals surface area contributed by atoms with Gasteiger partial charge in [0.1, 0.15) is 0 Å². The summed E-state index contributed by atoms with van der Waals surface area (Å²) >= 11 is 0. The van der Waals surface area contributed by atoms with Gasteiger partial charge in [-0.3, -0.25) is 14.9 Å². The zero-order valence-electron chi connectivity index (χ0n) is 14.4. The number of rotatable bonds is 7. The molecule has 0 fully saturated rings. The lowest BCUT2D eigenvalue weighted by Gasteiger charge is -2.09. The van der Waals surface area contributed by atoms with Gasteiger partial charge in [-0.2, -0.15) is 0 Å². The molecule has 0 saturated heterocycles. The molecule has 0 aliphatic rings. The van der Waals surface area contributed by atoms with Crippen LogP contribution in [-0.2, 0) is 19.6 Å². The summed E-state index contributed by atoms with van der Waals surface area (Å²) in [7, 11) is -3.08. The second kappa shape index (κ2) is 8.81. The van der Waals surface area contributed by atoms with Crippen molar-refractivity contribution in [2.75, 3.05) is 19.0 Å². The Bertz CT molecular complexity index is 989. The van der Waals surface area contributed by atoms with E-state index in [1.807, 2.05) is 0 Å². The fraction of sp³-hybridized carbons (Fsp3) is 0.125. The number of methoxy groups -OCH3 is 1. The number of nitrogens with one attached hydrogen (secondary N) is 2. The average Bonchev–Trinajstić information content (AvgIpc) is 2.66. The van der Waals surface area contributed by atoms with Gasteiger partial charge in [-0.05, 0) is 30.3 Å². The molecule has 11 nitrogen and oxygen atoms in total. The van der Waals surface area contributed by atoms with Gasteiger partial charge in [0.25, 0.3) is 15.9 Å². The number of nitrogens with zero attached hydrogens (tertiary/aromatic N) is 1. The van der Waals surface area contributed by atoms with Crippen LogP contribution in [-0.4, -0.2) is 39.1 Å². The highest BCUT2D eigenvalue weighted by Gasteiger charge is 2.18. The number of sulfonamides is 1. The van der Waals surface area contributed by atoms with E-state index in [4.69, 9.17) is 4.74 Å². The first kappa shape index (κ1) is 20.6. The molecule has 0 heterocycles. The Balaban J connectivity index is 1.98. The molecule has 0 spiro atoms. The lowest BCUT2D eigenvalue weighted by molar-refractivity contribution is -0.385. The molecule has 0 saturated carbocycles. The summed E-state index contributed by atoms with van der Waals surface area (Å²) in [5, 5.41) is 13.3. The van der Waals surface area contributed by atoms with Crippen LogP contribution in [0.3, 0.4) is 0 Å². The lowest BCUT2D eigenvalue weighted by Crippen LogP contribution is -2.30. The molecule has 0 aliphatic carbocycles. The zero-order chi connectivity index (χ0) is 20.7. The molecule has 2 aromatic carbocycles. The van der Waals surface area contributed by atoms with Crippen molar-refractivity contribution in [1.82, 2.24) is 4.72 Å². The monoisotopic (exact) mass is 409 g/mol. The Hall–Kier alpha value is -3.67. The summed E-state index contributed by atoms with van der Waals surface area (Å²) in [4.78, 5) is 33.0. The number of benzene rings is 2. The van der Waals surface area contributed by atoms with Crippen LogP contribution in [0.4, 0.5) is 16.2 Å². The van der Waals surface area contributed by atoms with Gasteiger partial charge in [0, 0.05) is 11.8 Å². The topological polar surface area (TPSA) is 154 Å². The molecule has 2 amide bonds. The van der Waals surface area contributed by atoms with Crippen LogP contribution >= 0.6 is 0 Å². The number of para-hydroxylation sites is 2. The Morgan fingerprint density at radius 3 is 2.36 bits per heavy atom.